The van der Waals surface area contributed by atoms with E-state index >= 15 is 0 Å². The monoisotopic (exact) mass is 274 g/mol. The summed E-state index contributed by atoms with van der Waals surface area (Å²) in [6, 6.07) is 14.4. The molecule has 0 amide bonds. The molecule has 2 fully saturated rings. The molecule has 2 heterocycles. The van der Waals surface area contributed by atoms with E-state index in [0.717, 1.165) is 5.56 Å². The van der Waals surface area contributed by atoms with E-state index < -0.39 is 7.14 Å². The van der Waals surface area contributed by atoms with Gasteiger partial charge in [-0.25, -0.2) is 0 Å². The number of hydrogen-bond donors (Lipinski definition) is 0. The molecule has 19 heavy (non-hydrogen) atoms. The van der Waals surface area contributed by atoms with Crippen molar-refractivity contribution in [1.82, 2.24) is 0 Å². The Morgan fingerprint density at radius 3 is 2.32 bits per heavy atom. The van der Waals surface area contributed by atoms with Crippen LogP contribution in [0.25, 0.3) is 10.8 Å². The molecule has 2 aliphatic rings. The minimum Gasteiger partial charge on any atom is -0.365 e. The lowest BCUT2D eigenvalue weighted by Crippen LogP contribution is -2.02. The van der Waals surface area contributed by atoms with Crippen LogP contribution in [0, 0.1) is 0 Å². The summed E-state index contributed by atoms with van der Waals surface area (Å²) in [4.78, 5) is 0. The zero-order valence-electron chi connectivity index (χ0n) is 10.5. The van der Waals surface area contributed by atoms with E-state index in [1.54, 1.807) is 0 Å². The van der Waals surface area contributed by atoms with E-state index in [4.69, 9.17) is 9.47 Å². The minimum atomic E-state index is -2.41. The molecule has 4 heteroatoms. The lowest BCUT2D eigenvalue weighted by atomic mass is 10.1. The average Bonchev–Trinajstić information content (AvgIpc) is 3.32. The van der Waals surface area contributed by atoms with Crippen LogP contribution < -0.4 is 0 Å². The first-order valence-corrected chi connectivity index (χ1v) is 8.59. The van der Waals surface area contributed by atoms with Crippen LogP contribution in [0.2, 0.25) is 0 Å². The van der Waals surface area contributed by atoms with Crippen LogP contribution in [-0.2, 0) is 20.2 Å². The highest BCUT2D eigenvalue weighted by atomic mass is 31.2. The van der Waals surface area contributed by atoms with Gasteiger partial charge in [-0.05, 0) is 16.3 Å². The van der Waals surface area contributed by atoms with E-state index in [0.29, 0.717) is 19.4 Å². The van der Waals surface area contributed by atoms with Gasteiger partial charge in [0.1, 0.15) is 11.7 Å². The van der Waals surface area contributed by atoms with Gasteiger partial charge >= 0.3 is 0 Å². The van der Waals surface area contributed by atoms with Crippen LogP contribution in [0.5, 0.6) is 0 Å². The van der Waals surface area contributed by atoms with Gasteiger partial charge in [-0.2, -0.15) is 0 Å². The van der Waals surface area contributed by atoms with Crippen molar-refractivity contribution in [1.29, 1.82) is 0 Å². The molecule has 2 aliphatic heterocycles. The third-order valence-corrected chi connectivity index (χ3v) is 7.28. The summed E-state index contributed by atoms with van der Waals surface area (Å²) in [6.45, 7) is 1.25. The zero-order chi connectivity index (χ0) is 12.9. The van der Waals surface area contributed by atoms with Crippen LogP contribution in [0.1, 0.15) is 5.56 Å². The Morgan fingerprint density at radius 1 is 1.00 bits per heavy atom. The van der Waals surface area contributed by atoms with E-state index in [9.17, 15) is 4.57 Å². The van der Waals surface area contributed by atoms with E-state index in [-0.39, 0.29) is 11.7 Å². The number of hydrogen-bond acceptors (Lipinski definition) is 3. The molecule has 98 valence electrons. The van der Waals surface area contributed by atoms with Crippen molar-refractivity contribution in [3.8, 4) is 0 Å². The highest BCUT2D eigenvalue weighted by Crippen LogP contribution is 2.66. The molecule has 0 aromatic heterocycles. The van der Waals surface area contributed by atoms with Gasteiger partial charge in [-0.15, -0.1) is 0 Å². The molecule has 0 aliphatic carbocycles. The smallest absolute Gasteiger partial charge is 0.151 e. The largest absolute Gasteiger partial charge is 0.365 e. The normalized spacial score (nSPS) is 28.0. The first-order chi connectivity index (χ1) is 9.27. The summed E-state index contributed by atoms with van der Waals surface area (Å²) in [6.07, 6.45) is 0.587. The molecule has 2 aromatic carbocycles. The summed E-state index contributed by atoms with van der Waals surface area (Å²) < 4.78 is 23.7. The van der Waals surface area contributed by atoms with Crippen molar-refractivity contribution in [3.05, 3.63) is 48.0 Å². The average molecular weight is 274 g/mol. The molecule has 2 aromatic rings. The maximum Gasteiger partial charge on any atom is 0.151 e. The van der Waals surface area contributed by atoms with Crippen LogP contribution >= 0.6 is 7.14 Å². The standard InChI is InChI=1S/C15H15O3P/c16-19(14-8-17-14,15-9-18-15)10-12-6-3-5-11-4-1-2-7-13(11)12/h1-7,14-15H,8-10H2. The fourth-order valence-electron chi connectivity index (χ4n) is 2.68. The van der Waals surface area contributed by atoms with Gasteiger partial charge < -0.3 is 14.0 Å². The molecule has 0 saturated carbocycles. The first-order valence-electron chi connectivity index (χ1n) is 6.56. The van der Waals surface area contributed by atoms with Crippen LogP contribution in [0.4, 0.5) is 0 Å². The molecule has 0 bridgehead atoms. The van der Waals surface area contributed by atoms with Gasteiger partial charge in [0, 0.05) is 6.16 Å². The van der Waals surface area contributed by atoms with Crippen molar-refractivity contribution < 1.29 is 14.0 Å². The number of benzene rings is 2. The molecule has 2 atom stereocenters. The van der Waals surface area contributed by atoms with Gasteiger partial charge in [0.05, 0.1) is 13.2 Å². The molecule has 3 nitrogen and oxygen atoms in total. The van der Waals surface area contributed by atoms with Gasteiger partial charge in [-0.1, -0.05) is 42.5 Å². The molecular formula is C15H15O3P. The van der Waals surface area contributed by atoms with Crippen molar-refractivity contribution in [2.75, 3.05) is 13.2 Å². The Morgan fingerprint density at radius 2 is 1.63 bits per heavy atom. The highest BCUT2D eigenvalue weighted by molar-refractivity contribution is 7.64. The quantitative estimate of drug-likeness (QED) is 0.633. The Labute approximate surface area is 111 Å². The van der Waals surface area contributed by atoms with E-state index in [1.807, 2.05) is 18.2 Å². The summed E-state index contributed by atoms with van der Waals surface area (Å²) in [5, 5.41) is 2.38. The number of rotatable bonds is 4. The Bertz CT molecular complexity index is 653. The molecule has 2 unspecified atom stereocenters. The minimum absolute atomic E-state index is 0.0704. The lowest BCUT2D eigenvalue weighted by molar-refractivity contribution is 0.421. The van der Waals surface area contributed by atoms with E-state index in [2.05, 4.69) is 24.3 Å². The Balaban J connectivity index is 1.76. The Hall–Kier alpha value is -1.15. The second-order valence-corrected chi connectivity index (χ2v) is 8.40. The molecule has 4 rings (SSSR count). The third-order valence-electron chi connectivity index (χ3n) is 3.90. The van der Waals surface area contributed by atoms with Gasteiger partial charge in [0.25, 0.3) is 0 Å². The summed E-state index contributed by atoms with van der Waals surface area (Å²) in [7, 11) is -2.41. The predicted molar refractivity (Wildman–Crippen MR) is 74.7 cm³/mol. The first kappa shape index (κ1) is 11.7. The fraction of sp³-hybridized carbons (Fsp3) is 0.333. The zero-order valence-corrected chi connectivity index (χ0v) is 11.4. The topological polar surface area (TPSA) is 42.1 Å². The fourth-order valence-corrected chi connectivity index (χ4v) is 5.44. The number of epoxide rings is 2. The number of fused-ring (bicyclic) bond motifs is 1. The van der Waals surface area contributed by atoms with Crippen molar-refractivity contribution in [3.63, 3.8) is 0 Å². The molecule has 0 radical (unpaired) electrons. The van der Waals surface area contributed by atoms with Crippen molar-refractivity contribution >= 4 is 17.9 Å². The van der Waals surface area contributed by atoms with Crippen LogP contribution in [0.3, 0.4) is 0 Å². The number of ether oxygens (including phenoxy) is 2. The maximum absolute atomic E-state index is 13.1. The van der Waals surface area contributed by atoms with Crippen molar-refractivity contribution in [2.45, 2.75) is 17.9 Å². The van der Waals surface area contributed by atoms with Gasteiger partial charge in [-0.3, -0.25) is 0 Å². The summed E-state index contributed by atoms with van der Waals surface area (Å²) in [5.41, 5.74) is 1.15. The van der Waals surface area contributed by atoms with Crippen LogP contribution in [0.15, 0.2) is 42.5 Å². The highest BCUT2D eigenvalue weighted by Gasteiger charge is 2.53. The predicted octanol–water partition coefficient (Wildman–Crippen LogP) is 3.42. The second kappa shape index (κ2) is 4.17. The van der Waals surface area contributed by atoms with E-state index in [1.165, 1.54) is 10.8 Å². The second-order valence-electron chi connectivity index (χ2n) is 5.23. The molecule has 2 saturated heterocycles. The maximum atomic E-state index is 13.1. The molecular weight excluding hydrogens is 259 g/mol. The molecule has 0 N–H and O–H groups in total. The molecule has 0 spiro atoms. The third kappa shape index (κ3) is 2.02. The Kier molecular flexibility index (Phi) is 2.56. The summed E-state index contributed by atoms with van der Waals surface area (Å²) in [5.74, 6) is -0.141. The van der Waals surface area contributed by atoms with Crippen LogP contribution in [-0.4, -0.2) is 24.9 Å². The lowest BCUT2D eigenvalue weighted by Gasteiger charge is -2.15. The SMILES string of the molecule is O=P(Cc1cccc2ccccc12)(C1CO1)C1CO1. The summed E-state index contributed by atoms with van der Waals surface area (Å²) >= 11 is 0. The van der Waals surface area contributed by atoms with Crippen molar-refractivity contribution in [2.24, 2.45) is 0 Å². The van der Waals surface area contributed by atoms with Gasteiger partial charge in [0.15, 0.2) is 7.14 Å². The van der Waals surface area contributed by atoms with Gasteiger partial charge in [0.2, 0.25) is 0 Å².